The van der Waals surface area contributed by atoms with E-state index in [2.05, 4.69) is 4.98 Å². The molecule has 0 fully saturated rings. The number of aromatic nitrogens is 1. The second-order valence-electron chi connectivity index (χ2n) is 3.01. The minimum atomic E-state index is -2.65. The largest absolute Gasteiger partial charge is 0.435 e. The zero-order valence-electron chi connectivity index (χ0n) is 7.63. The molecule has 0 amide bonds. The predicted octanol–water partition coefficient (Wildman–Crippen LogP) is 3.33. The second-order valence-corrected chi connectivity index (χ2v) is 3.01. The summed E-state index contributed by atoms with van der Waals surface area (Å²) in [5.41, 5.74) is 1.96. The maximum absolute atomic E-state index is 12.2. The number of hydrogen-bond donors (Lipinski definition) is 0. The van der Waals surface area contributed by atoms with Crippen LogP contribution in [0.5, 0.6) is 0 Å². The fourth-order valence-corrected chi connectivity index (χ4v) is 1.30. The molecular weight excluding hydrogens is 188 g/mol. The van der Waals surface area contributed by atoms with Crippen molar-refractivity contribution < 1.29 is 13.2 Å². The summed E-state index contributed by atoms with van der Waals surface area (Å²) < 4.78 is 29.4. The molecule has 0 saturated heterocycles. The summed E-state index contributed by atoms with van der Waals surface area (Å²) in [6, 6.07) is 5.30. The van der Waals surface area contributed by atoms with Crippen molar-refractivity contribution in [3.05, 3.63) is 29.7 Å². The Hall–Kier alpha value is -1.45. The molecular formula is C10H9F2NO. The Morgan fingerprint density at radius 1 is 1.43 bits per heavy atom. The average molecular weight is 197 g/mol. The molecule has 0 unspecified atom stereocenters. The first-order chi connectivity index (χ1) is 6.70. The number of rotatable bonds is 2. The third kappa shape index (κ3) is 1.47. The standard InChI is InChI=1S/C10H9F2NO/c1-2-6-3-4-7-8(5-6)14-10(13-7)9(11)12/h3-5,9H,2H2,1H3. The van der Waals surface area contributed by atoms with Gasteiger partial charge in [0.2, 0.25) is 0 Å². The van der Waals surface area contributed by atoms with Crippen LogP contribution in [-0.4, -0.2) is 4.98 Å². The maximum atomic E-state index is 12.2. The van der Waals surface area contributed by atoms with E-state index in [1.165, 1.54) is 0 Å². The van der Waals surface area contributed by atoms with Crippen LogP contribution in [0.25, 0.3) is 11.1 Å². The van der Waals surface area contributed by atoms with E-state index in [0.29, 0.717) is 11.1 Å². The van der Waals surface area contributed by atoms with Crippen LogP contribution in [0.15, 0.2) is 22.6 Å². The van der Waals surface area contributed by atoms with Crippen molar-refractivity contribution in [3.63, 3.8) is 0 Å². The number of fused-ring (bicyclic) bond motifs is 1. The zero-order chi connectivity index (χ0) is 10.1. The molecule has 0 N–H and O–H groups in total. The van der Waals surface area contributed by atoms with Gasteiger partial charge in [-0.15, -0.1) is 0 Å². The first kappa shape index (κ1) is 9.12. The Morgan fingerprint density at radius 2 is 2.21 bits per heavy atom. The van der Waals surface area contributed by atoms with Gasteiger partial charge in [0, 0.05) is 0 Å². The highest BCUT2D eigenvalue weighted by molar-refractivity contribution is 5.73. The Labute approximate surface area is 79.6 Å². The van der Waals surface area contributed by atoms with Crippen molar-refractivity contribution in [1.82, 2.24) is 4.98 Å². The lowest BCUT2D eigenvalue weighted by atomic mass is 10.1. The lowest BCUT2D eigenvalue weighted by molar-refractivity contribution is 0.117. The third-order valence-electron chi connectivity index (χ3n) is 2.06. The minimum Gasteiger partial charge on any atom is -0.435 e. The highest BCUT2D eigenvalue weighted by atomic mass is 19.3. The molecule has 4 heteroatoms. The van der Waals surface area contributed by atoms with E-state index in [1.54, 1.807) is 12.1 Å². The molecule has 0 spiro atoms. The number of aryl methyl sites for hydroxylation is 1. The van der Waals surface area contributed by atoms with Gasteiger partial charge in [-0.1, -0.05) is 13.0 Å². The molecule has 0 saturated carbocycles. The van der Waals surface area contributed by atoms with Crippen LogP contribution < -0.4 is 0 Å². The molecule has 2 rings (SSSR count). The summed E-state index contributed by atoms with van der Waals surface area (Å²) in [5, 5.41) is 0. The quantitative estimate of drug-likeness (QED) is 0.738. The minimum absolute atomic E-state index is 0.430. The number of nitrogens with zero attached hydrogens (tertiary/aromatic N) is 1. The SMILES string of the molecule is CCc1ccc2nc(C(F)F)oc2c1. The van der Waals surface area contributed by atoms with Crippen molar-refractivity contribution in [2.45, 2.75) is 19.8 Å². The Balaban J connectivity index is 2.54. The van der Waals surface area contributed by atoms with Gasteiger partial charge in [0.15, 0.2) is 5.58 Å². The van der Waals surface area contributed by atoms with Crippen molar-refractivity contribution in [2.24, 2.45) is 0 Å². The third-order valence-corrected chi connectivity index (χ3v) is 2.06. The Morgan fingerprint density at radius 3 is 2.86 bits per heavy atom. The highest BCUT2D eigenvalue weighted by Gasteiger charge is 2.15. The molecule has 14 heavy (non-hydrogen) atoms. The van der Waals surface area contributed by atoms with Crippen LogP contribution >= 0.6 is 0 Å². The molecule has 1 aromatic carbocycles. The molecule has 2 aromatic rings. The number of halogens is 2. The summed E-state index contributed by atoms with van der Waals surface area (Å²) in [4.78, 5) is 3.67. The van der Waals surface area contributed by atoms with Gasteiger partial charge in [0.05, 0.1) is 0 Å². The molecule has 2 nitrogen and oxygen atoms in total. The van der Waals surface area contributed by atoms with Gasteiger partial charge in [-0.2, -0.15) is 8.78 Å². The van der Waals surface area contributed by atoms with Gasteiger partial charge in [0.25, 0.3) is 5.89 Å². The fourth-order valence-electron chi connectivity index (χ4n) is 1.30. The van der Waals surface area contributed by atoms with E-state index >= 15 is 0 Å². The Bertz CT molecular complexity index is 450. The zero-order valence-corrected chi connectivity index (χ0v) is 7.63. The molecule has 0 radical (unpaired) electrons. The van der Waals surface area contributed by atoms with Crippen LogP contribution in [0.2, 0.25) is 0 Å². The highest BCUT2D eigenvalue weighted by Crippen LogP contribution is 2.24. The van der Waals surface area contributed by atoms with Crippen molar-refractivity contribution in [3.8, 4) is 0 Å². The van der Waals surface area contributed by atoms with Gasteiger partial charge < -0.3 is 4.42 Å². The van der Waals surface area contributed by atoms with Gasteiger partial charge in [0.1, 0.15) is 5.52 Å². The monoisotopic (exact) mass is 197 g/mol. The average Bonchev–Trinajstić information content (AvgIpc) is 2.59. The topological polar surface area (TPSA) is 26.0 Å². The van der Waals surface area contributed by atoms with Crippen LogP contribution in [0, 0.1) is 0 Å². The predicted molar refractivity (Wildman–Crippen MR) is 48.3 cm³/mol. The van der Waals surface area contributed by atoms with Crippen molar-refractivity contribution >= 4 is 11.1 Å². The summed E-state index contributed by atoms with van der Waals surface area (Å²) in [6.07, 6.45) is -1.80. The smallest absolute Gasteiger partial charge is 0.313 e. The van der Waals surface area contributed by atoms with Crippen molar-refractivity contribution in [1.29, 1.82) is 0 Å². The molecule has 0 aliphatic carbocycles. The fraction of sp³-hybridized carbons (Fsp3) is 0.300. The second kappa shape index (κ2) is 3.36. The van der Waals surface area contributed by atoms with Gasteiger partial charge in [-0.3, -0.25) is 0 Å². The number of benzene rings is 1. The summed E-state index contributed by atoms with van der Waals surface area (Å²) in [7, 11) is 0. The number of oxazole rings is 1. The van der Waals surface area contributed by atoms with Crippen LogP contribution in [0.4, 0.5) is 8.78 Å². The van der Waals surface area contributed by atoms with Gasteiger partial charge >= 0.3 is 6.43 Å². The van der Waals surface area contributed by atoms with E-state index in [1.807, 2.05) is 13.0 Å². The van der Waals surface area contributed by atoms with Crippen LogP contribution in [0.3, 0.4) is 0 Å². The first-order valence-electron chi connectivity index (χ1n) is 4.38. The lowest BCUT2D eigenvalue weighted by Gasteiger charge is -1.92. The molecule has 0 aliphatic rings. The van der Waals surface area contributed by atoms with Crippen LogP contribution in [-0.2, 0) is 6.42 Å². The lowest BCUT2D eigenvalue weighted by Crippen LogP contribution is -1.80. The van der Waals surface area contributed by atoms with Crippen LogP contribution in [0.1, 0.15) is 24.8 Å². The van der Waals surface area contributed by atoms with Gasteiger partial charge in [-0.25, -0.2) is 4.98 Å². The van der Waals surface area contributed by atoms with E-state index in [9.17, 15) is 8.78 Å². The summed E-state index contributed by atoms with van der Waals surface area (Å²) in [5.74, 6) is -0.506. The Kier molecular flexibility index (Phi) is 2.19. The van der Waals surface area contributed by atoms with E-state index in [0.717, 1.165) is 12.0 Å². The van der Waals surface area contributed by atoms with E-state index < -0.39 is 12.3 Å². The number of alkyl halides is 2. The molecule has 0 atom stereocenters. The molecule has 74 valence electrons. The van der Waals surface area contributed by atoms with E-state index in [-0.39, 0.29) is 0 Å². The number of hydrogen-bond acceptors (Lipinski definition) is 2. The molecule has 0 bridgehead atoms. The first-order valence-corrected chi connectivity index (χ1v) is 4.38. The van der Waals surface area contributed by atoms with Gasteiger partial charge in [-0.05, 0) is 24.1 Å². The molecule has 1 aromatic heterocycles. The normalized spacial score (nSPS) is 11.4. The van der Waals surface area contributed by atoms with Crippen molar-refractivity contribution in [2.75, 3.05) is 0 Å². The summed E-state index contributed by atoms with van der Waals surface area (Å²) >= 11 is 0. The maximum Gasteiger partial charge on any atom is 0.313 e. The molecule has 1 heterocycles. The van der Waals surface area contributed by atoms with E-state index in [4.69, 9.17) is 4.42 Å². The molecule has 0 aliphatic heterocycles. The summed E-state index contributed by atoms with van der Waals surface area (Å²) in [6.45, 7) is 1.99.